The van der Waals surface area contributed by atoms with Crippen molar-refractivity contribution in [2.24, 2.45) is 0 Å². The van der Waals surface area contributed by atoms with Crippen LogP contribution in [0.5, 0.6) is 0 Å². The molecule has 16 heavy (non-hydrogen) atoms. The van der Waals surface area contributed by atoms with Gasteiger partial charge < -0.3 is 10.2 Å². The molecule has 0 bridgehead atoms. The van der Waals surface area contributed by atoms with E-state index in [1.807, 2.05) is 23.1 Å². The fourth-order valence-electron chi connectivity index (χ4n) is 1.70. The van der Waals surface area contributed by atoms with Gasteiger partial charge >= 0.3 is 0 Å². The Balaban J connectivity index is 2.29. The van der Waals surface area contributed by atoms with Crippen molar-refractivity contribution in [3.63, 3.8) is 0 Å². The summed E-state index contributed by atoms with van der Waals surface area (Å²) in [5, 5.41) is 3.60. The van der Waals surface area contributed by atoms with Crippen LogP contribution in [0.4, 0.5) is 5.69 Å². The van der Waals surface area contributed by atoms with E-state index in [4.69, 9.17) is 11.6 Å². The molecule has 1 aromatic rings. The van der Waals surface area contributed by atoms with Gasteiger partial charge in [-0.3, -0.25) is 4.79 Å². The van der Waals surface area contributed by atoms with Crippen LogP contribution in [0.3, 0.4) is 0 Å². The third-order valence-electron chi connectivity index (χ3n) is 2.41. The number of nitrogens with one attached hydrogen (secondary N) is 1. The Morgan fingerprint density at radius 1 is 1.62 bits per heavy atom. The van der Waals surface area contributed by atoms with E-state index in [0.717, 1.165) is 22.9 Å². The summed E-state index contributed by atoms with van der Waals surface area (Å²) >= 11 is 7.68. The van der Waals surface area contributed by atoms with E-state index in [0.29, 0.717) is 11.6 Å². The van der Waals surface area contributed by atoms with E-state index in [9.17, 15) is 4.79 Å². The van der Waals surface area contributed by atoms with Crippen molar-refractivity contribution >= 4 is 35.0 Å². The van der Waals surface area contributed by atoms with Crippen LogP contribution >= 0.6 is 23.4 Å². The lowest BCUT2D eigenvalue weighted by atomic mass is 10.2. The molecule has 1 aromatic carbocycles. The Bertz CT molecular complexity index is 411. The molecule has 0 fully saturated rings. The topological polar surface area (TPSA) is 32.3 Å². The summed E-state index contributed by atoms with van der Waals surface area (Å²) in [4.78, 5) is 14.8. The monoisotopic (exact) mass is 256 g/mol. The molecule has 5 heteroatoms. The van der Waals surface area contributed by atoms with Crippen LogP contribution in [-0.2, 0) is 4.79 Å². The molecule has 2 rings (SSSR count). The van der Waals surface area contributed by atoms with Crippen LogP contribution in [0.2, 0.25) is 5.02 Å². The Labute approximate surface area is 104 Å². The number of hydrogen-bond donors (Lipinski definition) is 1. The molecule has 0 saturated heterocycles. The number of nitrogens with zero attached hydrogens (tertiary/aromatic N) is 1. The first kappa shape index (κ1) is 11.8. The minimum atomic E-state index is 0.103. The van der Waals surface area contributed by atoms with Crippen molar-refractivity contribution < 1.29 is 4.79 Å². The van der Waals surface area contributed by atoms with Gasteiger partial charge in [0.1, 0.15) is 0 Å². The predicted octanol–water partition coefficient (Wildman–Crippen LogP) is 2.00. The molecule has 1 N–H and O–H groups in total. The number of amides is 1. The molecular weight excluding hydrogens is 244 g/mol. The molecule has 0 unspecified atom stereocenters. The zero-order valence-corrected chi connectivity index (χ0v) is 10.6. The number of thioether (sulfide) groups is 1. The Kier molecular flexibility index (Phi) is 3.74. The van der Waals surface area contributed by atoms with Crippen molar-refractivity contribution in [2.75, 3.05) is 30.8 Å². The molecule has 0 aliphatic carbocycles. The lowest BCUT2D eigenvalue weighted by Crippen LogP contribution is -2.40. The molecular formula is C11H13ClN2OS. The molecule has 1 aliphatic rings. The van der Waals surface area contributed by atoms with E-state index in [-0.39, 0.29) is 5.91 Å². The average Bonchev–Trinajstić information content (AvgIpc) is 2.28. The van der Waals surface area contributed by atoms with E-state index < -0.39 is 0 Å². The van der Waals surface area contributed by atoms with Crippen molar-refractivity contribution in [3.05, 3.63) is 23.2 Å². The Morgan fingerprint density at radius 2 is 2.44 bits per heavy atom. The van der Waals surface area contributed by atoms with Gasteiger partial charge in [0, 0.05) is 22.2 Å². The summed E-state index contributed by atoms with van der Waals surface area (Å²) in [5.74, 6) is 1.02. The number of hydrogen-bond acceptors (Lipinski definition) is 3. The van der Waals surface area contributed by atoms with Gasteiger partial charge in [-0.25, -0.2) is 0 Å². The fourth-order valence-corrected chi connectivity index (χ4v) is 2.97. The first-order valence-electron chi connectivity index (χ1n) is 5.09. The Hall–Kier alpha value is -0.710. The molecule has 86 valence electrons. The number of fused-ring (bicyclic) bond motifs is 1. The number of carbonyl (C=O) groups is 1. The number of carbonyl (C=O) groups excluding carboxylic acids is 1. The summed E-state index contributed by atoms with van der Waals surface area (Å²) in [6.07, 6.45) is 0. The molecule has 1 heterocycles. The van der Waals surface area contributed by atoms with Gasteiger partial charge in [0.15, 0.2) is 0 Å². The summed E-state index contributed by atoms with van der Waals surface area (Å²) < 4.78 is 0. The standard InChI is InChI=1S/C11H13ClN2OS/c1-13-7-11(15)14-4-5-16-10-6-8(12)2-3-9(10)14/h2-3,6,13H,4-5,7H2,1H3. The van der Waals surface area contributed by atoms with Gasteiger partial charge in [-0.2, -0.15) is 0 Å². The SMILES string of the molecule is CNCC(=O)N1CCSc2cc(Cl)ccc21. The van der Waals surface area contributed by atoms with Gasteiger partial charge in [0.05, 0.1) is 12.2 Å². The first-order valence-corrected chi connectivity index (χ1v) is 6.46. The van der Waals surface area contributed by atoms with Gasteiger partial charge in [0.25, 0.3) is 0 Å². The van der Waals surface area contributed by atoms with Gasteiger partial charge in [-0.05, 0) is 25.2 Å². The summed E-state index contributed by atoms with van der Waals surface area (Å²) in [6, 6.07) is 5.66. The molecule has 0 spiro atoms. The highest BCUT2D eigenvalue weighted by Gasteiger charge is 2.22. The van der Waals surface area contributed by atoms with E-state index >= 15 is 0 Å². The fraction of sp³-hybridized carbons (Fsp3) is 0.364. The highest BCUT2D eigenvalue weighted by atomic mass is 35.5. The second kappa shape index (κ2) is 5.08. The molecule has 1 amide bonds. The second-order valence-corrected chi connectivity index (χ2v) is 5.11. The van der Waals surface area contributed by atoms with Crippen molar-refractivity contribution in [1.82, 2.24) is 5.32 Å². The van der Waals surface area contributed by atoms with Crippen LogP contribution in [0, 0.1) is 0 Å². The van der Waals surface area contributed by atoms with Gasteiger partial charge in [-0.15, -0.1) is 11.8 Å². The van der Waals surface area contributed by atoms with Crippen LogP contribution in [-0.4, -0.2) is 31.8 Å². The van der Waals surface area contributed by atoms with Gasteiger partial charge in [-0.1, -0.05) is 11.6 Å². The average molecular weight is 257 g/mol. The molecule has 0 atom stereocenters. The number of anilines is 1. The number of benzene rings is 1. The maximum atomic E-state index is 11.9. The van der Waals surface area contributed by atoms with Crippen LogP contribution in [0.15, 0.2) is 23.1 Å². The second-order valence-electron chi connectivity index (χ2n) is 3.54. The van der Waals surface area contributed by atoms with Crippen LogP contribution in [0.25, 0.3) is 0 Å². The summed E-state index contributed by atoms with van der Waals surface area (Å²) in [7, 11) is 1.78. The van der Waals surface area contributed by atoms with E-state index in [1.54, 1.807) is 18.8 Å². The molecule has 0 saturated carbocycles. The number of rotatable bonds is 2. The maximum absolute atomic E-state index is 11.9. The summed E-state index contributed by atoms with van der Waals surface area (Å²) in [5.41, 5.74) is 0.973. The quantitative estimate of drug-likeness (QED) is 0.879. The van der Waals surface area contributed by atoms with Crippen molar-refractivity contribution in [1.29, 1.82) is 0 Å². The van der Waals surface area contributed by atoms with E-state index in [2.05, 4.69) is 5.32 Å². The van der Waals surface area contributed by atoms with Crippen LogP contribution in [0.1, 0.15) is 0 Å². The zero-order chi connectivity index (χ0) is 11.5. The highest BCUT2D eigenvalue weighted by Crippen LogP contribution is 2.36. The highest BCUT2D eigenvalue weighted by molar-refractivity contribution is 7.99. The van der Waals surface area contributed by atoms with E-state index in [1.165, 1.54) is 0 Å². The Morgan fingerprint density at radius 3 is 3.19 bits per heavy atom. The summed E-state index contributed by atoms with van der Waals surface area (Å²) in [6.45, 7) is 1.13. The lowest BCUT2D eigenvalue weighted by Gasteiger charge is -2.29. The molecule has 0 radical (unpaired) electrons. The minimum Gasteiger partial charge on any atom is -0.311 e. The van der Waals surface area contributed by atoms with Crippen molar-refractivity contribution in [2.45, 2.75) is 4.90 Å². The lowest BCUT2D eigenvalue weighted by molar-refractivity contribution is -0.117. The normalized spacial score (nSPS) is 14.8. The largest absolute Gasteiger partial charge is 0.311 e. The predicted molar refractivity (Wildman–Crippen MR) is 68.5 cm³/mol. The molecule has 3 nitrogen and oxygen atoms in total. The zero-order valence-electron chi connectivity index (χ0n) is 9.00. The maximum Gasteiger partial charge on any atom is 0.240 e. The number of halogens is 1. The third kappa shape index (κ3) is 2.34. The van der Waals surface area contributed by atoms with Crippen LogP contribution < -0.4 is 10.2 Å². The molecule has 0 aromatic heterocycles. The van der Waals surface area contributed by atoms with Gasteiger partial charge in [0.2, 0.25) is 5.91 Å². The minimum absolute atomic E-state index is 0.103. The number of likely N-dealkylation sites (N-methyl/N-ethyl adjacent to an activating group) is 1. The first-order chi connectivity index (χ1) is 7.72. The molecule has 1 aliphatic heterocycles. The smallest absolute Gasteiger partial charge is 0.240 e. The third-order valence-corrected chi connectivity index (χ3v) is 3.67. The van der Waals surface area contributed by atoms with Crippen molar-refractivity contribution in [3.8, 4) is 0 Å².